The maximum absolute atomic E-state index is 13.5. The summed E-state index contributed by atoms with van der Waals surface area (Å²) in [6.07, 6.45) is 0. The molecule has 0 aliphatic rings. The number of halogens is 3. The lowest BCUT2D eigenvalue weighted by Crippen LogP contribution is -2.05. The summed E-state index contributed by atoms with van der Waals surface area (Å²) >= 11 is 0. The average molecular weight is 276 g/mol. The number of anilines is 1. The molecular formula is C15H11F3N2. The lowest BCUT2D eigenvalue weighted by atomic mass is 10.1. The van der Waals surface area contributed by atoms with Gasteiger partial charge in [0.15, 0.2) is 11.6 Å². The van der Waals surface area contributed by atoms with Crippen molar-refractivity contribution in [3.05, 3.63) is 64.5 Å². The fourth-order valence-electron chi connectivity index (χ4n) is 1.85. The molecule has 0 amide bonds. The maximum Gasteiger partial charge on any atom is 0.161 e. The van der Waals surface area contributed by atoms with Crippen molar-refractivity contribution in [1.29, 1.82) is 5.26 Å². The number of benzene rings is 2. The first-order valence-electron chi connectivity index (χ1n) is 5.90. The van der Waals surface area contributed by atoms with E-state index in [-0.39, 0.29) is 12.1 Å². The Morgan fingerprint density at radius 2 is 1.80 bits per heavy atom. The summed E-state index contributed by atoms with van der Waals surface area (Å²) in [4.78, 5) is 0. The molecule has 0 fully saturated rings. The standard InChI is InChI=1S/C15H11F3N2/c1-9-3-2-4-15(11(9)7-19)20-8-10-5-13(17)14(18)6-12(10)16/h2-6,20H,8H2,1H3. The van der Waals surface area contributed by atoms with Crippen molar-refractivity contribution in [1.82, 2.24) is 0 Å². The van der Waals surface area contributed by atoms with Gasteiger partial charge >= 0.3 is 0 Å². The Morgan fingerprint density at radius 1 is 1.10 bits per heavy atom. The molecule has 0 spiro atoms. The van der Waals surface area contributed by atoms with E-state index in [1.807, 2.05) is 6.07 Å². The minimum Gasteiger partial charge on any atom is -0.380 e. The fourth-order valence-corrected chi connectivity index (χ4v) is 1.85. The Balaban J connectivity index is 2.24. The number of rotatable bonds is 3. The zero-order chi connectivity index (χ0) is 14.7. The number of nitriles is 1. The average Bonchev–Trinajstić information content (AvgIpc) is 2.41. The second kappa shape index (κ2) is 5.66. The van der Waals surface area contributed by atoms with Gasteiger partial charge in [-0.05, 0) is 24.6 Å². The predicted octanol–water partition coefficient (Wildman–Crippen LogP) is 3.90. The molecule has 0 bridgehead atoms. The molecule has 0 aromatic heterocycles. The molecule has 2 aromatic rings. The van der Waals surface area contributed by atoms with Crippen LogP contribution in [0.2, 0.25) is 0 Å². The quantitative estimate of drug-likeness (QED) is 0.863. The van der Waals surface area contributed by atoms with E-state index >= 15 is 0 Å². The molecule has 0 radical (unpaired) electrons. The normalized spacial score (nSPS) is 10.2. The van der Waals surface area contributed by atoms with Crippen molar-refractivity contribution in [3.8, 4) is 6.07 Å². The molecule has 0 aliphatic carbocycles. The van der Waals surface area contributed by atoms with Gasteiger partial charge in [0.1, 0.15) is 11.9 Å². The van der Waals surface area contributed by atoms with E-state index in [1.54, 1.807) is 25.1 Å². The van der Waals surface area contributed by atoms with Gasteiger partial charge in [0.05, 0.1) is 11.3 Å². The second-order valence-corrected chi connectivity index (χ2v) is 4.32. The van der Waals surface area contributed by atoms with Crippen LogP contribution in [0.4, 0.5) is 18.9 Å². The van der Waals surface area contributed by atoms with Gasteiger partial charge in [0, 0.05) is 18.2 Å². The molecule has 0 aliphatic heterocycles. The van der Waals surface area contributed by atoms with E-state index in [9.17, 15) is 13.2 Å². The highest BCUT2D eigenvalue weighted by molar-refractivity contribution is 5.60. The minimum absolute atomic E-state index is 0.00528. The summed E-state index contributed by atoms with van der Waals surface area (Å²) < 4.78 is 39.4. The summed E-state index contributed by atoms with van der Waals surface area (Å²) in [5, 5.41) is 11.9. The summed E-state index contributed by atoms with van der Waals surface area (Å²) in [7, 11) is 0. The fraction of sp³-hybridized carbons (Fsp3) is 0.133. The zero-order valence-electron chi connectivity index (χ0n) is 10.7. The highest BCUT2D eigenvalue weighted by Crippen LogP contribution is 2.20. The largest absolute Gasteiger partial charge is 0.380 e. The van der Waals surface area contributed by atoms with Crippen LogP contribution in [0, 0.1) is 35.7 Å². The van der Waals surface area contributed by atoms with E-state index < -0.39 is 17.5 Å². The first-order valence-corrected chi connectivity index (χ1v) is 5.90. The van der Waals surface area contributed by atoms with E-state index in [2.05, 4.69) is 5.32 Å². The SMILES string of the molecule is Cc1cccc(NCc2cc(F)c(F)cc2F)c1C#N. The van der Waals surface area contributed by atoms with E-state index in [0.29, 0.717) is 17.3 Å². The molecule has 0 saturated heterocycles. The third kappa shape index (κ3) is 2.75. The van der Waals surface area contributed by atoms with Crippen LogP contribution in [-0.4, -0.2) is 0 Å². The van der Waals surface area contributed by atoms with Gasteiger partial charge in [-0.2, -0.15) is 5.26 Å². The molecule has 0 saturated carbocycles. The molecule has 2 aromatic carbocycles. The Morgan fingerprint density at radius 3 is 2.50 bits per heavy atom. The number of hydrogen-bond acceptors (Lipinski definition) is 2. The second-order valence-electron chi connectivity index (χ2n) is 4.32. The van der Waals surface area contributed by atoms with Gasteiger partial charge in [0.25, 0.3) is 0 Å². The van der Waals surface area contributed by atoms with Crippen molar-refractivity contribution in [2.75, 3.05) is 5.32 Å². The highest BCUT2D eigenvalue weighted by Gasteiger charge is 2.10. The van der Waals surface area contributed by atoms with Gasteiger partial charge in [-0.1, -0.05) is 12.1 Å². The Bertz CT molecular complexity index is 690. The van der Waals surface area contributed by atoms with Crippen molar-refractivity contribution in [2.45, 2.75) is 13.5 Å². The Kier molecular flexibility index (Phi) is 3.94. The number of hydrogen-bond donors (Lipinski definition) is 1. The molecule has 1 N–H and O–H groups in total. The summed E-state index contributed by atoms with van der Waals surface area (Å²) in [6.45, 7) is 1.74. The predicted molar refractivity (Wildman–Crippen MR) is 69.5 cm³/mol. The van der Waals surface area contributed by atoms with Crippen molar-refractivity contribution < 1.29 is 13.2 Å². The lowest BCUT2D eigenvalue weighted by Gasteiger charge is -2.10. The Labute approximate surface area is 114 Å². The molecular weight excluding hydrogens is 265 g/mol. The maximum atomic E-state index is 13.5. The minimum atomic E-state index is -1.22. The molecule has 2 rings (SSSR count). The molecule has 2 nitrogen and oxygen atoms in total. The monoisotopic (exact) mass is 276 g/mol. The smallest absolute Gasteiger partial charge is 0.161 e. The van der Waals surface area contributed by atoms with Crippen LogP contribution in [0.15, 0.2) is 30.3 Å². The first-order chi connectivity index (χ1) is 9.52. The van der Waals surface area contributed by atoms with Crippen LogP contribution in [0.1, 0.15) is 16.7 Å². The molecule has 20 heavy (non-hydrogen) atoms. The lowest BCUT2D eigenvalue weighted by molar-refractivity contribution is 0.490. The van der Waals surface area contributed by atoms with E-state index in [1.165, 1.54) is 0 Å². The van der Waals surface area contributed by atoms with Gasteiger partial charge < -0.3 is 5.32 Å². The molecule has 0 unspecified atom stereocenters. The van der Waals surface area contributed by atoms with Crippen LogP contribution < -0.4 is 5.32 Å². The molecule has 0 heterocycles. The third-order valence-corrected chi connectivity index (χ3v) is 2.94. The number of nitrogens with zero attached hydrogens (tertiary/aromatic N) is 1. The highest BCUT2D eigenvalue weighted by atomic mass is 19.2. The van der Waals surface area contributed by atoms with Crippen LogP contribution in [0.5, 0.6) is 0 Å². The van der Waals surface area contributed by atoms with Crippen molar-refractivity contribution in [3.63, 3.8) is 0 Å². The van der Waals surface area contributed by atoms with Crippen LogP contribution in [-0.2, 0) is 6.54 Å². The van der Waals surface area contributed by atoms with Crippen molar-refractivity contribution >= 4 is 5.69 Å². The third-order valence-electron chi connectivity index (χ3n) is 2.94. The van der Waals surface area contributed by atoms with Crippen molar-refractivity contribution in [2.24, 2.45) is 0 Å². The first kappa shape index (κ1) is 13.9. The van der Waals surface area contributed by atoms with Gasteiger partial charge in [-0.15, -0.1) is 0 Å². The molecule has 5 heteroatoms. The van der Waals surface area contributed by atoms with Crippen LogP contribution in [0.3, 0.4) is 0 Å². The van der Waals surface area contributed by atoms with Crippen LogP contribution in [0.25, 0.3) is 0 Å². The topological polar surface area (TPSA) is 35.8 Å². The number of nitrogens with one attached hydrogen (secondary N) is 1. The van der Waals surface area contributed by atoms with Crippen LogP contribution >= 0.6 is 0 Å². The molecule has 0 atom stereocenters. The van der Waals surface area contributed by atoms with Gasteiger partial charge in [-0.25, -0.2) is 13.2 Å². The summed E-state index contributed by atoms with van der Waals surface area (Å²) in [6, 6.07) is 8.56. The van der Waals surface area contributed by atoms with E-state index in [0.717, 1.165) is 11.6 Å². The summed E-state index contributed by atoms with van der Waals surface area (Å²) in [5.74, 6) is -3.16. The zero-order valence-corrected chi connectivity index (χ0v) is 10.7. The molecule has 102 valence electrons. The Hall–Kier alpha value is -2.48. The van der Waals surface area contributed by atoms with Gasteiger partial charge in [-0.3, -0.25) is 0 Å². The van der Waals surface area contributed by atoms with Gasteiger partial charge in [0.2, 0.25) is 0 Å². The number of aryl methyl sites for hydroxylation is 1. The summed E-state index contributed by atoms with van der Waals surface area (Å²) in [5.41, 5.74) is 1.74. The van der Waals surface area contributed by atoms with E-state index in [4.69, 9.17) is 5.26 Å².